The second-order valence-electron chi connectivity index (χ2n) is 5.13. The summed E-state index contributed by atoms with van der Waals surface area (Å²) in [4.78, 5) is 13.7. The summed E-state index contributed by atoms with van der Waals surface area (Å²) in [5, 5.41) is 12.5. The molecule has 0 saturated carbocycles. The van der Waals surface area contributed by atoms with Crippen molar-refractivity contribution in [1.29, 1.82) is 0 Å². The van der Waals surface area contributed by atoms with E-state index in [1.807, 2.05) is 11.8 Å². The van der Waals surface area contributed by atoms with Crippen LogP contribution in [-0.4, -0.2) is 47.7 Å². The van der Waals surface area contributed by atoms with Gasteiger partial charge in [0.1, 0.15) is 0 Å². The Balaban J connectivity index is 2.28. The standard InChI is InChI=1S/C12H24N2O2/c1-9(2)10(3)13-12(16)8-14-6-4-5-11(15)7-14/h9-11,15H,4-8H2,1-3H3,(H,13,16)/t10?,11-/m0/s1. The van der Waals surface area contributed by atoms with E-state index in [-0.39, 0.29) is 18.1 Å². The maximum absolute atomic E-state index is 11.7. The van der Waals surface area contributed by atoms with E-state index < -0.39 is 0 Å². The van der Waals surface area contributed by atoms with E-state index >= 15 is 0 Å². The molecule has 1 aliphatic heterocycles. The Bertz CT molecular complexity index is 231. The van der Waals surface area contributed by atoms with Crippen LogP contribution in [0.4, 0.5) is 0 Å². The molecule has 1 heterocycles. The monoisotopic (exact) mass is 228 g/mol. The summed E-state index contributed by atoms with van der Waals surface area (Å²) in [7, 11) is 0. The molecule has 1 aliphatic rings. The number of nitrogens with zero attached hydrogens (tertiary/aromatic N) is 1. The van der Waals surface area contributed by atoms with Crippen molar-refractivity contribution in [2.75, 3.05) is 19.6 Å². The number of likely N-dealkylation sites (tertiary alicyclic amines) is 1. The van der Waals surface area contributed by atoms with Crippen LogP contribution in [0, 0.1) is 5.92 Å². The van der Waals surface area contributed by atoms with E-state index in [2.05, 4.69) is 19.2 Å². The highest BCUT2D eigenvalue weighted by Crippen LogP contribution is 2.09. The van der Waals surface area contributed by atoms with Crippen molar-refractivity contribution in [3.8, 4) is 0 Å². The number of aliphatic hydroxyl groups is 1. The first-order valence-electron chi connectivity index (χ1n) is 6.19. The first kappa shape index (κ1) is 13.5. The molecule has 0 aromatic heterocycles. The highest BCUT2D eigenvalue weighted by atomic mass is 16.3. The Morgan fingerprint density at radius 2 is 2.19 bits per heavy atom. The van der Waals surface area contributed by atoms with Crippen molar-refractivity contribution >= 4 is 5.91 Å². The molecule has 2 N–H and O–H groups in total. The zero-order valence-corrected chi connectivity index (χ0v) is 10.6. The van der Waals surface area contributed by atoms with Crippen molar-refractivity contribution < 1.29 is 9.90 Å². The number of hydrogen-bond donors (Lipinski definition) is 2. The Morgan fingerprint density at radius 1 is 1.50 bits per heavy atom. The SMILES string of the molecule is CC(C)C(C)NC(=O)CN1CCC[C@H](O)C1. The van der Waals surface area contributed by atoms with Crippen molar-refractivity contribution in [2.24, 2.45) is 5.92 Å². The molecule has 0 spiro atoms. The minimum atomic E-state index is -0.260. The highest BCUT2D eigenvalue weighted by Gasteiger charge is 2.20. The van der Waals surface area contributed by atoms with Crippen molar-refractivity contribution in [3.63, 3.8) is 0 Å². The number of β-amino-alcohol motifs (C(OH)–C–C–N with tert-alkyl or cyclic N) is 1. The zero-order chi connectivity index (χ0) is 12.1. The summed E-state index contributed by atoms with van der Waals surface area (Å²) < 4.78 is 0. The highest BCUT2D eigenvalue weighted by molar-refractivity contribution is 5.78. The number of carbonyl (C=O) groups excluding carboxylic acids is 1. The van der Waals surface area contributed by atoms with Crippen LogP contribution in [0.25, 0.3) is 0 Å². The average molecular weight is 228 g/mol. The van der Waals surface area contributed by atoms with Crippen molar-refractivity contribution in [1.82, 2.24) is 10.2 Å². The quantitative estimate of drug-likeness (QED) is 0.741. The lowest BCUT2D eigenvalue weighted by Crippen LogP contribution is -2.46. The van der Waals surface area contributed by atoms with Gasteiger partial charge in [-0.15, -0.1) is 0 Å². The van der Waals surface area contributed by atoms with E-state index in [1.165, 1.54) is 0 Å². The van der Waals surface area contributed by atoms with E-state index in [1.54, 1.807) is 0 Å². The van der Waals surface area contributed by atoms with Gasteiger partial charge in [0.05, 0.1) is 12.6 Å². The zero-order valence-electron chi connectivity index (χ0n) is 10.6. The predicted molar refractivity (Wildman–Crippen MR) is 64.1 cm³/mol. The van der Waals surface area contributed by atoms with Crippen molar-refractivity contribution in [2.45, 2.75) is 45.8 Å². The second kappa shape index (κ2) is 6.21. The van der Waals surface area contributed by atoms with Gasteiger partial charge in [-0.1, -0.05) is 13.8 Å². The van der Waals surface area contributed by atoms with Crippen molar-refractivity contribution in [3.05, 3.63) is 0 Å². The number of nitrogens with one attached hydrogen (secondary N) is 1. The van der Waals surface area contributed by atoms with E-state index in [4.69, 9.17) is 0 Å². The number of aliphatic hydroxyl groups excluding tert-OH is 1. The molecule has 94 valence electrons. The molecule has 4 nitrogen and oxygen atoms in total. The van der Waals surface area contributed by atoms with Crippen LogP contribution >= 0.6 is 0 Å². The van der Waals surface area contributed by atoms with Gasteiger partial charge in [0, 0.05) is 12.6 Å². The topological polar surface area (TPSA) is 52.6 Å². The smallest absolute Gasteiger partial charge is 0.234 e. The first-order chi connectivity index (χ1) is 7.49. The molecule has 1 amide bonds. The molecule has 0 aromatic rings. The molecule has 2 atom stereocenters. The van der Waals surface area contributed by atoms with Crippen LogP contribution in [0.5, 0.6) is 0 Å². The molecule has 0 radical (unpaired) electrons. The number of rotatable bonds is 4. The van der Waals surface area contributed by atoms with E-state index in [0.717, 1.165) is 19.4 Å². The summed E-state index contributed by atoms with van der Waals surface area (Å²) in [6.07, 6.45) is 1.58. The summed E-state index contributed by atoms with van der Waals surface area (Å²) in [5.74, 6) is 0.520. The number of carbonyl (C=O) groups is 1. The van der Waals surface area contributed by atoms with E-state index in [9.17, 15) is 9.90 Å². The van der Waals surface area contributed by atoms with E-state index in [0.29, 0.717) is 19.0 Å². The molecular weight excluding hydrogens is 204 g/mol. The minimum absolute atomic E-state index is 0.0651. The summed E-state index contributed by atoms with van der Waals surface area (Å²) in [6.45, 7) is 8.16. The van der Waals surface area contributed by atoms with Gasteiger partial charge in [-0.05, 0) is 32.2 Å². The molecular formula is C12H24N2O2. The second-order valence-corrected chi connectivity index (χ2v) is 5.13. The molecule has 4 heteroatoms. The normalized spacial score (nSPS) is 24.4. The largest absolute Gasteiger partial charge is 0.392 e. The van der Waals surface area contributed by atoms with Crippen LogP contribution in [0.15, 0.2) is 0 Å². The summed E-state index contributed by atoms with van der Waals surface area (Å²) >= 11 is 0. The lowest BCUT2D eigenvalue weighted by atomic mass is 10.1. The Kier molecular flexibility index (Phi) is 5.22. The van der Waals surface area contributed by atoms with Crippen LogP contribution in [0.2, 0.25) is 0 Å². The Hall–Kier alpha value is -0.610. The van der Waals surface area contributed by atoms with Crippen LogP contribution in [0.1, 0.15) is 33.6 Å². The van der Waals surface area contributed by atoms with Gasteiger partial charge in [0.25, 0.3) is 0 Å². The Labute approximate surface area is 98.0 Å². The molecule has 0 aliphatic carbocycles. The number of amides is 1. The van der Waals surface area contributed by atoms with Crippen LogP contribution < -0.4 is 5.32 Å². The third kappa shape index (κ3) is 4.49. The average Bonchev–Trinajstić information content (AvgIpc) is 2.16. The first-order valence-corrected chi connectivity index (χ1v) is 6.19. The fraction of sp³-hybridized carbons (Fsp3) is 0.917. The summed E-state index contributed by atoms with van der Waals surface area (Å²) in [6, 6.07) is 0.210. The van der Waals surface area contributed by atoms with Crippen LogP contribution in [-0.2, 0) is 4.79 Å². The van der Waals surface area contributed by atoms with Crippen LogP contribution in [0.3, 0.4) is 0 Å². The summed E-state index contributed by atoms with van der Waals surface area (Å²) in [5.41, 5.74) is 0. The fourth-order valence-corrected chi connectivity index (χ4v) is 1.84. The Morgan fingerprint density at radius 3 is 2.75 bits per heavy atom. The third-order valence-electron chi connectivity index (χ3n) is 3.24. The molecule has 1 unspecified atom stereocenters. The van der Waals surface area contributed by atoms with Gasteiger partial charge in [0.15, 0.2) is 0 Å². The van der Waals surface area contributed by atoms with Gasteiger partial charge in [-0.3, -0.25) is 9.69 Å². The molecule has 1 rings (SSSR count). The molecule has 0 aromatic carbocycles. The van der Waals surface area contributed by atoms with Gasteiger partial charge in [-0.2, -0.15) is 0 Å². The van der Waals surface area contributed by atoms with Gasteiger partial charge in [-0.25, -0.2) is 0 Å². The maximum atomic E-state index is 11.7. The lowest BCUT2D eigenvalue weighted by molar-refractivity contribution is -0.123. The molecule has 1 saturated heterocycles. The fourth-order valence-electron chi connectivity index (χ4n) is 1.84. The third-order valence-corrected chi connectivity index (χ3v) is 3.24. The van der Waals surface area contributed by atoms with Gasteiger partial charge < -0.3 is 10.4 Å². The minimum Gasteiger partial charge on any atom is -0.392 e. The van der Waals surface area contributed by atoms with Gasteiger partial charge >= 0.3 is 0 Å². The van der Waals surface area contributed by atoms with Gasteiger partial charge in [0.2, 0.25) is 5.91 Å². The lowest BCUT2D eigenvalue weighted by Gasteiger charge is -2.30. The molecule has 0 bridgehead atoms. The maximum Gasteiger partial charge on any atom is 0.234 e. The molecule has 1 fully saturated rings. The molecule has 16 heavy (non-hydrogen) atoms. The number of hydrogen-bond acceptors (Lipinski definition) is 3. The predicted octanol–water partition coefficient (Wildman–Crippen LogP) is 0.604. The number of piperidine rings is 1.